The van der Waals surface area contributed by atoms with Crippen molar-refractivity contribution in [2.24, 2.45) is 13.0 Å². The highest BCUT2D eigenvalue weighted by atomic mass is 16.3. The van der Waals surface area contributed by atoms with Crippen molar-refractivity contribution >= 4 is 5.91 Å². The van der Waals surface area contributed by atoms with E-state index in [0.29, 0.717) is 5.91 Å². The number of hydrogen-bond acceptors (Lipinski definition) is 4. The molecule has 0 spiro atoms. The molecule has 0 N–H and O–H groups in total. The number of piperidine rings is 1. The molecule has 3 rings (SSSR count). The molecule has 0 aliphatic carbocycles. The molecular weight excluding hydrogens is 316 g/mol. The Hall–Kier alpha value is -2.08. The van der Waals surface area contributed by atoms with Gasteiger partial charge in [-0.15, -0.1) is 0 Å². The van der Waals surface area contributed by atoms with Crippen molar-refractivity contribution in [3.63, 3.8) is 0 Å². The predicted octanol–water partition coefficient (Wildman–Crippen LogP) is 2.32. The molecule has 2 aromatic heterocycles. The lowest BCUT2D eigenvalue weighted by atomic mass is 9.95. The molecular formula is C19H28N4O2. The van der Waals surface area contributed by atoms with Crippen LogP contribution in [0.2, 0.25) is 0 Å². The third-order valence-electron chi connectivity index (χ3n) is 4.99. The van der Waals surface area contributed by atoms with Crippen molar-refractivity contribution in [3.05, 3.63) is 42.1 Å². The van der Waals surface area contributed by atoms with Crippen LogP contribution in [0.1, 0.15) is 30.6 Å². The van der Waals surface area contributed by atoms with E-state index in [4.69, 9.17) is 4.42 Å². The fourth-order valence-corrected chi connectivity index (χ4v) is 3.50. The number of carbonyl (C=O) groups excluding carboxylic acids is 1. The molecule has 1 amide bonds. The molecule has 0 saturated carbocycles. The summed E-state index contributed by atoms with van der Waals surface area (Å²) in [7, 11) is 3.86. The maximum Gasteiger partial charge on any atom is 0.225 e. The van der Waals surface area contributed by atoms with Crippen LogP contribution in [0, 0.1) is 5.92 Å². The Labute approximate surface area is 149 Å². The second-order valence-corrected chi connectivity index (χ2v) is 7.02. The van der Waals surface area contributed by atoms with Gasteiger partial charge in [0.05, 0.1) is 19.0 Å². The summed E-state index contributed by atoms with van der Waals surface area (Å²) in [6.07, 6.45) is 9.47. The highest BCUT2D eigenvalue weighted by Crippen LogP contribution is 2.21. The summed E-state index contributed by atoms with van der Waals surface area (Å²) in [4.78, 5) is 16.9. The van der Waals surface area contributed by atoms with Gasteiger partial charge in [0.25, 0.3) is 0 Å². The lowest BCUT2D eigenvalue weighted by Gasteiger charge is -2.32. The van der Waals surface area contributed by atoms with E-state index < -0.39 is 0 Å². The largest absolute Gasteiger partial charge is 0.468 e. The molecule has 0 unspecified atom stereocenters. The van der Waals surface area contributed by atoms with Gasteiger partial charge >= 0.3 is 0 Å². The summed E-state index contributed by atoms with van der Waals surface area (Å²) in [5.41, 5.74) is 1.23. The molecule has 1 saturated heterocycles. The lowest BCUT2D eigenvalue weighted by molar-refractivity contribution is -0.135. The van der Waals surface area contributed by atoms with E-state index in [1.165, 1.54) is 5.56 Å². The van der Waals surface area contributed by atoms with Crippen LogP contribution in [0.4, 0.5) is 0 Å². The Morgan fingerprint density at radius 3 is 2.84 bits per heavy atom. The van der Waals surface area contributed by atoms with Crippen molar-refractivity contribution in [2.45, 2.75) is 32.2 Å². The zero-order valence-electron chi connectivity index (χ0n) is 15.2. The van der Waals surface area contributed by atoms with Crippen molar-refractivity contribution in [1.82, 2.24) is 19.6 Å². The molecule has 1 fully saturated rings. The predicted molar refractivity (Wildman–Crippen MR) is 95.9 cm³/mol. The number of amides is 1. The number of nitrogens with zero attached hydrogens (tertiary/aromatic N) is 4. The molecule has 1 aliphatic heterocycles. The molecule has 6 heteroatoms. The van der Waals surface area contributed by atoms with Crippen molar-refractivity contribution in [2.75, 3.05) is 26.7 Å². The fourth-order valence-electron chi connectivity index (χ4n) is 3.50. The van der Waals surface area contributed by atoms with Gasteiger partial charge in [-0.05, 0) is 56.5 Å². The second kappa shape index (κ2) is 8.34. The molecule has 1 aliphatic rings. The van der Waals surface area contributed by atoms with Crippen molar-refractivity contribution in [3.8, 4) is 0 Å². The number of carbonyl (C=O) groups is 1. The number of hydrogen-bond donors (Lipinski definition) is 0. The summed E-state index contributed by atoms with van der Waals surface area (Å²) < 4.78 is 7.23. The first-order chi connectivity index (χ1) is 12.1. The van der Waals surface area contributed by atoms with Crippen LogP contribution in [0.15, 0.2) is 35.2 Å². The SMILES string of the molecule is CN(CCCc1cnn(C)c1)C(=O)C1CCN(Cc2ccco2)CC1. The summed E-state index contributed by atoms with van der Waals surface area (Å²) in [6.45, 7) is 3.57. The quantitative estimate of drug-likeness (QED) is 0.773. The fraction of sp³-hybridized carbons (Fsp3) is 0.579. The van der Waals surface area contributed by atoms with Gasteiger partial charge in [0.1, 0.15) is 5.76 Å². The Kier molecular flexibility index (Phi) is 5.91. The third-order valence-corrected chi connectivity index (χ3v) is 4.99. The first-order valence-corrected chi connectivity index (χ1v) is 9.09. The Morgan fingerprint density at radius 2 is 2.20 bits per heavy atom. The Bertz CT molecular complexity index is 657. The van der Waals surface area contributed by atoms with Crippen LogP contribution in [0.25, 0.3) is 0 Å². The zero-order chi connectivity index (χ0) is 17.6. The molecule has 6 nitrogen and oxygen atoms in total. The molecule has 3 heterocycles. The topological polar surface area (TPSA) is 54.5 Å². The number of aryl methyl sites for hydroxylation is 2. The number of furan rings is 1. The normalized spacial score (nSPS) is 16.2. The number of aromatic nitrogens is 2. The first kappa shape index (κ1) is 17.7. The van der Waals surface area contributed by atoms with E-state index in [1.54, 1.807) is 6.26 Å². The van der Waals surface area contributed by atoms with E-state index in [1.807, 2.05) is 48.2 Å². The minimum atomic E-state index is 0.163. The van der Waals surface area contributed by atoms with Crippen molar-refractivity contribution in [1.29, 1.82) is 0 Å². The summed E-state index contributed by atoms with van der Waals surface area (Å²) in [5, 5.41) is 4.18. The van der Waals surface area contributed by atoms with Gasteiger partial charge in [0, 0.05) is 32.8 Å². The smallest absolute Gasteiger partial charge is 0.225 e. The number of likely N-dealkylation sites (tertiary alicyclic amines) is 1. The maximum atomic E-state index is 12.6. The highest BCUT2D eigenvalue weighted by Gasteiger charge is 2.27. The third kappa shape index (κ3) is 4.95. The van der Waals surface area contributed by atoms with Crippen LogP contribution < -0.4 is 0 Å². The van der Waals surface area contributed by atoms with E-state index in [0.717, 1.165) is 57.6 Å². The summed E-state index contributed by atoms with van der Waals surface area (Å²) >= 11 is 0. The minimum Gasteiger partial charge on any atom is -0.468 e. The average molecular weight is 344 g/mol. The van der Waals surface area contributed by atoms with Crippen LogP contribution in [0.3, 0.4) is 0 Å². The van der Waals surface area contributed by atoms with Crippen molar-refractivity contribution < 1.29 is 9.21 Å². The first-order valence-electron chi connectivity index (χ1n) is 9.09. The Balaban J connectivity index is 1.37. The van der Waals surface area contributed by atoms with E-state index in [-0.39, 0.29) is 5.92 Å². The minimum absolute atomic E-state index is 0.163. The maximum absolute atomic E-state index is 12.6. The van der Waals surface area contributed by atoms with Gasteiger partial charge in [-0.2, -0.15) is 5.10 Å². The lowest BCUT2D eigenvalue weighted by Crippen LogP contribution is -2.41. The highest BCUT2D eigenvalue weighted by molar-refractivity contribution is 5.78. The number of rotatable bonds is 7. The van der Waals surface area contributed by atoms with E-state index in [9.17, 15) is 4.79 Å². The van der Waals surface area contributed by atoms with Gasteiger partial charge in [-0.3, -0.25) is 14.4 Å². The zero-order valence-corrected chi connectivity index (χ0v) is 15.2. The molecule has 25 heavy (non-hydrogen) atoms. The van der Waals surface area contributed by atoms with E-state index in [2.05, 4.69) is 10.00 Å². The van der Waals surface area contributed by atoms with Gasteiger partial charge in [-0.25, -0.2) is 0 Å². The molecule has 136 valence electrons. The Morgan fingerprint density at radius 1 is 1.40 bits per heavy atom. The van der Waals surface area contributed by atoms with Gasteiger partial charge in [0.15, 0.2) is 0 Å². The van der Waals surface area contributed by atoms with Gasteiger partial charge < -0.3 is 9.32 Å². The molecule has 0 bridgehead atoms. The summed E-state index contributed by atoms with van der Waals surface area (Å²) in [6, 6.07) is 3.93. The average Bonchev–Trinajstić information content (AvgIpc) is 3.26. The monoisotopic (exact) mass is 344 g/mol. The van der Waals surface area contributed by atoms with Gasteiger partial charge in [-0.1, -0.05) is 0 Å². The van der Waals surface area contributed by atoms with Crippen LogP contribution in [-0.2, 0) is 24.8 Å². The second-order valence-electron chi connectivity index (χ2n) is 7.02. The molecule has 2 aromatic rings. The standard InChI is InChI=1S/C19H28N4O2/c1-21(9-3-5-16-13-20-22(2)14-16)19(24)17-7-10-23(11-8-17)15-18-6-4-12-25-18/h4,6,12-14,17H,3,5,7-11,15H2,1-2H3. The molecule has 0 radical (unpaired) electrons. The molecule has 0 aromatic carbocycles. The van der Waals surface area contributed by atoms with E-state index >= 15 is 0 Å². The molecule has 0 atom stereocenters. The van der Waals surface area contributed by atoms with Crippen LogP contribution >= 0.6 is 0 Å². The summed E-state index contributed by atoms with van der Waals surface area (Å²) in [5.74, 6) is 1.46. The van der Waals surface area contributed by atoms with Crippen LogP contribution in [-0.4, -0.2) is 52.2 Å². The van der Waals surface area contributed by atoms with Crippen LogP contribution in [0.5, 0.6) is 0 Å². The van der Waals surface area contributed by atoms with Gasteiger partial charge in [0.2, 0.25) is 5.91 Å².